The summed E-state index contributed by atoms with van der Waals surface area (Å²) in [4.78, 5) is 12.7. The number of aromatic nitrogens is 1. The van der Waals surface area contributed by atoms with Crippen molar-refractivity contribution in [1.82, 2.24) is 4.57 Å². The van der Waals surface area contributed by atoms with E-state index >= 15 is 0 Å². The van der Waals surface area contributed by atoms with E-state index in [1.165, 1.54) is 39.4 Å². The SMILES string of the molecule is CCn1c2ccccc2c2cc(NC(=O)C[NH2+][C@@H]3CCCc4ccccc43)ccc21. The number of benzene rings is 3. The van der Waals surface area contributed by atoms with E-state index in [1.807, 2.05) is 6.07 Å². The Morgan fingerprint density at radius 2 is 1.83 bits per heavy atom. The van der Waals surface area contributed by atoms with Crippen LogP contribution in [0.1, 0.15) is 36.9 Å². The van der Waals surface area contributed by atoms with Gasteiger partial charge in [-0.25, -0.2) is 0 Å². The summed E-state index contributed by atoms with van der Waals surface area (Å²) in [6, 6.07) is 23.7. The van der Waals surface area contributed by atoms with Gasteiger partial charge in [0, 0.05) is 46.0 Å². The lowest BCUT2D eigenvalue weighted by molar-refractivity contribution is -0.687. The summed E-state index contributed by atoms with van der Waals surface area (Å²) < 4.78 is 2.32. The van der Waals surface area contributed by atoms with Crippen molar-refractivity contribution in [1.29, 1.82) is 0 Å². The van der Waals surface area contributed by atoms with Crippen molar-refractivity contribution in [3.05, 3.63) is 77.9 Å². The van der Waals surface area contributed by atoms with Crippen molar-refractivity contribution in [3.8, 4) is 0 Å². The van der Waals surface area contributed by atoms with Gasteiger partial charge < -0.3 is 15.2 Å². The standard InChI is InChI=1S/C26H27N3O/c1-2-29-24-13-6-5-11-21(24)22-16-19(14-15-25(22)29)28-26(30)17-27-23-12-7-9-18-8-3-4-10-20(18)23/h3-6,8,10-11,13-16,23,27H,2,7,9,12,17H2,1H3,(H,28,30)/p+1/t23-/m1/s1. The van der Waals surface area contributed by atoms with E-state index in [1.54, 1.807) is 0 Å². The summed E-state index contributed by atoms with van der Waals surface area (Å²) in [6.45, 7) is 3.53. The van der Waals surface area contributed by atoms with Gasteiger partial charge >= 0.3 is 0 Å². The zero-order chi connectivity index (χ0) is 20.5. The van der Waals surface area contributed by atoms with Crippen molar-refractivity contribution < 1.29 is 10.1 Å². The molecule has 0 saturated heterocycles. The predicted molar refractivity (Wildman–Crippen MR) is 123 cm³/mol. The molecule has 0 bridgehead atoms. The largest absolute Gasteiger partial charge is 0.341 e. The van der Waals surface area contributed by atoms with Crippen LogP contribution in [0.3, 0.4) is 0 Å². The van der Waals surface area contributed by atoms with Crippen LogP contribution in [0.15, 0.2) is 66.7 Å². The summed E-state index contributed by atoms with van der Waals surface area (Å²) >= 11 is 0. The van der Waals surface area contributed by atoms with Gasteiger partial charge in [0.25, 0.3) is 5.91 Å². The predicted octanol–water partition coefficient (Wildman–Crippen LogP) is 4.39. The highest BCUT2D eigenvalue weighted by Gasteiger charge is 2.23. The minimum absolute atomic E-state index is 0.0524. The van der Waals surface area contributed by atoms with Gasteiger partial charge in [-0.2, -0.15) is 0 Å². The molecule has 1 heterocycles. The number of nitrogens with zero attached hydrogens (tertiary/aromatic N) is 1. The molecule has 1 atom stereocenters. The second-order valence-electron chi connectivity index (χ2n) is 8.18. The minimum atomic E-state index is 0.0524. The molecule has 1 aliphatic carbocycles. The van der Waals surface area contributed by atoms with Crippen LogP contribution in [0, 0.1) is 0 Å². The van der Waals surface area contributed by atoms with Crippen molar-refractivity contribution in [2.45, 2.75) is 38.8 Å². The van der Waals surface area contributed by atoms with Crippen LogP contribution in [0.2, 0.25) is 0 Å². The Bertz CT molecular complexity index is 1220. The molecule has 4 aromatic rings. The monoisotopic (exact) mass is 398 g/mol. The number of para-hydroxylation sites is 1. The van der Waals surface area contributed by atoms with E-state index in [9.17, 15) is 4.79 Å². The van der Waals surface area contributed by atoms with Crippen molar-refractivity contribution in [2.24, 2.45) is 0 Å². The molecule has 0 saturated carbocycles. The van der Waals surface area contributed by atoms with Crippen LogP contribution in [0.25, 0.3) is 21.8 Å². The van der Waals surface area contributed by atoms with Gasteiger partial charge in [-0.3, -0.25) is 4.79 Å². The lowest BCUT2D eigenvalue weighted by Crippen LogP contribution is -2.87. The zero-order valence-electron chi connectivity index (χ0n) is 17.4. The number of carbonyl (C=O) groups excluding carboxylic acids is 1. The van der Waals surface area contributed by atoms with Crippen LogP contribution in [-0.2, 0) is 17.8 Å². The Kier molecular flexibility index (Phi) is 5.01. The van der Waals surface area contributed by atoms with E-state index in [-0.39, 0.29) is 5.91 Å². The number of nitrogens with two attached hydrogens (primary N) is 1. The van der Waals surface area contributed by atoms with E-state index in [0.717, 1.165) is 25.1 Å². The van der Waals surface area contributed by atoms with Crippen LogP contribution < -0.4 is 10.6 Å². The summed E-state index contributed by atoms with van der Waals surface area (Å²) in [5.41, 5.74) is 6.14. The Hall–Kier alpha value is -3.11. The average Bonchev–Trinajstić information content (AvgIpc) is 3.10. The molecule has 4 nitrogen and oxygen atoms in total. The number of aryl methyl sites for hydroxylation is 2. The maximum Gasteiger partial charge on any atom is 0.279 e. The lowest BCUT2D eigenvalue weighted by atomic mass is 9.88. The molecule has 152 valence electrons. The van der Waals surface area contributed by atoms with E-state index < -0.39 is 0 Å². The topological polar surface area (TPSA) is 50.6 Å². The average molecular weight is 399 g/mol. The molecule has 0 fully saturated rings. The van der Waals surface area contributed by atoms with Gasteiger partial charge in [-0.05, 0) is 49.6 Å². The molecule has 0 aliphatic heterocycles. The number of carbonyl (C=O) groups is 1. The van der Waals surface area contributed by atoms with Gasteiger partial charge in [0.05, 0.1) is 0 Å². The van der Waals surface area contributed by atoms with Gasteiger partial charge in [-0.15, -0.1) is 0 Å². The molecule has 3 N–H and O–H groups in total. The first kappa shape index (κ1) is 18.9. The van der Waals surface area contributed by atoms with E-state index in [4.69, 9.17) is 0 Å². The summed E-state index contributed by atoms with van der Waals surface area (Å²) in [5, 5.41) is 7.72. The molecule has 1 amide bonds. The van der Waals surface area contributed by atoms with Gasteiger partial charge in [-0.1, -0.05) is 42.5 Å². The summed E-state index contributed by atoms with van der Waals surface area (Å²) in [6.07, 6.45) is 3.48. The minimum Gasteiger partial charge on any atom is -0.341 e. The molecule has 5 rings (SSSR count). The van der Waals surface area contributed by atoms with Gasteiger partial charge in [0.1, 0.15) is 6.04 Å². The molecule has 0 unspecified atom stereocenters. The van der Waals surface area contributed by atoms with Crippen LogP contribution >= 0.6 is 0 Å². The molecular formula is C26H28N3O+. The quantitative estimate of drug-likeness (QED) is 0.515. The lowest BCUT2D eigenvalue weighted by Gasteiger charge is -2.23. The molecular weight excluding hydrogens is 370 g/mol. The Balaban J connectivity index is 1.32. The highest BCUT2D eigenvalue weighted by Crippen LogP contribution is 2.31. The molecule has 0 radical (unpaired) electrons. The Morgan fingerprint density at radius 3 is 2.73 bits per heavy atom. The number of amides is 1. The first-order valence-electron chi connectivity index (χ1n) is 11.0. The molecule has 1 aromatic heterocycles. The number of fused-ring (bicyclic) bond motifs is 4. The van der Waals surface area contributed by atoms with E-state index in [0.29, 0.717) is 12.6 Å². The van der Waals surface area contributed by atoms with Crippen LogP contribution in [0.5, 0.6) is 0 Å². The second kappa shape index (κ2) is 7.96. The molecule has 30 heavy (non-hydrogen) atoms. The van der Waals surface area contributed by atoms with Gasteiger partial charge in [0.2, 0.25) is 0 Å². The number of quaternary nitrogens is 1. The smallest absolute Gasteiger partial charge is 0.279 e. The highest BCUT2D eigenvalue weighted by molar-refractivity contribution is 6.09. The van der Waals surface area contributed by atoms with Gasteiger partial charge in [0.15, 0.2) is 6.54 Å². The third kappa shape index (κ3) is 3.37. The maximum absolute atomic E-state index is 12.7. The van der Waals surface area contributed by atoms with Crippen LogP contribution in [0.4, 0.5) is 5.69 Å². The fourth-order valence-electron chi connectivity index (χ4n) is 4.97. The number of anilines is 1. The summed E-state index contributed by atoms with van der Waals surface area (Å²) in [7, 11) is 0. The molecule has 0 spiro atoms. The normalized spacial score (nSPS) is 16.0. The third-order valence-electron chi connectivity index (χ3n) is 6.38. The Morgan fingerprint density at radius 1 is 1.03 bits per heavy atom. The van der Waals surface area contributed by atoms with Crippen molar-refractivity contribution in [3.63, 3.8) is 0 Å². The van der Waals surface area contributed by atoms with Crippen LogP contribution in [-0.4, -0.2) is 17.0 Å². The number of nitrogens with one attached hydrogen (secondary N) is 1. The second-order valence-corrected chi connectivity index (χ2v) is 8.18. The number of rotatable bonds is 5. The van der Waals surface area contributed by atoms with Crippen molar-refractivity contribution >= 4 is 33.4 Å². The Labute approximate surface area is 176 Å². The third-order valence-corrected chi connectivity index (χ3v) is 6.38. The first-order valence-corrected chi connectivity index (χ1v) is 11.0. The fourth-order valence-corrected chi connectivity index (χ4v) is 4.97. The number of hydrogen-bond acceptors (Lipinski definition) is 1. The molecule has 4 heteroatoms. The van der Waals surface area contributed by atoms with Crippen molar-refractivity contribution in [2.75, 3.05) is 11.9 Å². The maximum atomic E-state index is 12.7. The summed E-state index contributed by atoms with van der Waals surface area (Å²) in [5.74, 6) is 0.0524. The van der Waals surface area contributed by atoms with E-state index in [2.05, 4.69) is 82.8 Å². The number of hydrogen-bond donors (Lipinski definition) is 2. The molecule has 3 aromatic carbocycles. The fraction of sp³-hybridized carbons (Fsp3) is 0.269. The zero-order valence-corrected chi connectivity index (χ0v) is 17.4. The highest BCUT2D eigenvalue weighted by atomic mass is 16.1. The first-order chi connectivity index (χ1) is 14.7. The molecule has 1 aliphatic rings.